The Morgan fingerprint density at radius 2 is 2.11 bits per heavy atom. The fourth-order valence-electron chi connectivity index (χ4n) is 3.65. The molecule has 0 aliphatic carbocycles. The SMILES string of the molecule is CO/N=C(\C(=O)NC1C(=O)N2C(C(=O)O)=C(/C=C/C[n+]3ccc(C(N)=O)cc3)CS[C@H]12)c1nsc(N)n1. The van der Waals surface area contributed by atoms with Gasteiger partial charge in [0.15, 0.2) is 24.1 Å². The number of rotatable bonds is 9. The number of pyridine rings is 1. The van der Waals surface area contributed by atoms with E-state index >= 15 is 0 Å². The first-order chi connectivity index (χ1) is 17.7. The van der Waals surface area contributed by atoms with Crippen LogP contribution in [0.4, 0.5) is 5.13 Å². The number of allylic oxidation sites excluding steroid dienone is 2. The van der Waals surface area contributed by atoms with Crippen molar-refractivity contribution < 1.29 is 33.7 Å². The molecule has 1 saturated heterocycles. The van der Waals surface area contributed by atoms with Gasteiger partial charge in [0, 0.05) is 29.4 Å². The number of aromatic nitrogens is 3. The summed E-state index contributed by atoms with van der Waals surface area (Å²) < 4.78 is 5.70. The van der Waals surface area contributed by atoms with E-state index in [-0.39, 0.29) is 22.4 Å². The standard InChI is InChI=1S/C21H20N8O6S2/c1-35-26-12(16-25-21(23)37-27-16)17(31)24-13-18(32)29-14(20(33)34)11(9-36-19(13)29)3-2-6-28-7-4-10(5-8-28)15(22)30/h2-5,7-8,13,19H,6,9H2,1H3,(H5-,22,23,24,25,27,30,31,33,34)/p+1/b3-2+,26-12-/t13?,19-/m1/s1. The molecule has 1 unspecified atom stereocenters. The zero-order valence-corrected chi connectivity index (χ0v) is 20.9. The van der Waals surface area contributed by atoms with Gasteiger partial charge in [-0.25, -0.2) is 9.36 Å². The fourth-order valence-corrected chi connectivity index (χ4v) is 5.40. The van der Waals surface area contributed by atoms with Crippen LogP contribution in [0.2, 0.25) is 0 Å². The Kier molecular flexibility index (Phi) is 7.49. The summed E-state index contributed by atoms with van der Waals surface area (Å²) in [4.78, 5) is 58.7. The number of hydrogen-bond donors (Lipinski definition) is 4. The van der Waals surface area contributed by atoms with Crippen molar-refractivity contribution in [2.75, 3.05) is 18.6 Å². The number of nitrogen functional groups attached to an aromatic ring is 1. The Bertz CT molecular complexity index is 1350. The van der Waals surface area contributed by atoms with E-state index in [0.29, 0.717) is 23.4 Å². The maximum Gasteiger partial charge on any atom is 0.352 e. The van der Waals surface area contributed by atoms with Crippen molar-refractivity contribution in [3.8, 4) is 0 Å². The van der Waals surface area contributed by atoms with Gasteiger partial charge in [-0.2, -0.15) is 9.36 Å². The number of carboxylic acid groups (broad SMARTS) is 1. The van der Waals surface area contributed by atoms with Crippen LogP contribution in [0.3, 0.4) is 0 Å². The molecule has 2 aromatic heterocycles. The molecule has 2 aromatic rings. The molecule has 4 rings (SSSR count). The third-order valence-corrected chi connectivity index (χ3v) is 7.19. The number of oxime groups is 1. The third-order valence-electron chi connectivity index (χ3n) is 5.35. The maximum absolute atomic E-state index is 12.9. The highest BCUT2D eigenvalue weighted by molar-refractivity contribution is 8.00. The van der Waals surface area contributed by atoms with E-state index in [4.69, 9.17) is 16.3 Å². The van der Waals surface area contributed by atoms with Crippen molar-refractivity contribution in [3.63, 3.8) is 0 Å². The minimum atomic E-state index is -1.26. The zero-order valence-electron chi connectivity index (χ0n) is 19.2. The van der Waals surface area contributed by atoms with E-state index in [2.05, 4.69) is 19.8 Å². The molecular weight excluding hydrogens is 524 g/mol. The summed E-state index contributed by atoms with van der Waals surface area (Å²) in [7, 11) is 1.24. The number of primary amides is 1. The predicted octanol–water partition coefficient (Wildman–Crippen LogP) is -1.15. The summed E-state index contributed by atoms with van der Waals surface area (Å²) >= 11 is 2.18. The molecule has 0 saturated carbocycles. The van der Waals surface area contributed by atoms with E-state index in [1.54, 1.807) is 41.2 Å². The van der Waals surface area contributed by atoms with Crippen molar-refractivity contribution in [1.29, 1.82) is 0 Å². The number of fused-ring (bicyclic) bond motifs is 1. The first-order valence-electron chi connectivity index (χ1n) is 10.6. The zero-order chi connectivity index (χ0) is 26.7. The van der Waals surface area contributed by atoms with Crippen molar-refractivity contribution in [1.82, 2.24) is 19.6 Å². The quantitative estimate of drug-likeness (QED) is 0.129. The van der Waals surface area contributed by atoms with Crippen LogP contribution >= 0.6 is 23.3 Å². The number of hydrogen-bond acceptors (Lipinski definition) is 11. The van der Waals surface area contributed by atoms with Gasteiger partial charge in [0.2, 0.25) is 17.4 Å². The fraction of sp³-hybridized carbons (Fsp3) is 0.238. The number of anilines is 1. The summed E-state index contributed by atoms with van der Waals surface area (Å²) in [6.07, 6.45) is 6.73. The molecule has 0 radical (unpaired) electrons. The highest BCUT2D eigenvalue weighted by atomic mass is 32.2. The van der Waals surface area contributed by atoms with Gasteiger partial charge in [0.25, 0.3) is 11.8 Å². The van der Waals surface area contributed by atoms with Gasteiger partial charge < -0.3 is 26.7 Å². The lowest BCUT2D eigenvalue weighted by atomic mass is 10.0. The van der Waals surface area contributed by atoms with Gasteiger partial charge in [-0.1, -0.05) is 11.2 Å². The summed E-state index contributed by atoms with van der Waals surface area (Å²) in [5, 5.41) is 15.5. The van der Waals surface area contributed by atoms with Crippen LogP contribution in [-0.2, 0) is 25.8 Å². The second-order valence-corrected chi connectivity index (χ2v) is 9.56. The van der Waals surface area contributed by atoms with Crippen LogP contribution in [-0.4, -0.2) is 73.0 Å². The number of nitrogens with two attached hydrogens (primary N) is 2. The number of carbonyl (C=O) groups is 4. The number of nitrogens with one attached hydrogen (secondary N) is 1. The number of carboxylic acids is 1. The summed E-state index contributed by atoms with van der Waals surface area (Å²) in [5.74, 6) is -2.88. The van der Waals surface area contributed by atoms with E-state index in [9.17, 15) is 24.3 Å². The minimum absolute atomic E-state index is 0.0533. The molecule has 2 aliphatic heterocycles. The van der Waals surface area contributed by atoms with E-state index < -0.39 is 35.1 Å². The summed E-state index contributed by atoms with van der Waals surface area (Å²) in [5.41, 5.74) is 11.2. The highest BCUT2D eigenvalue weighted by Gasteiger charge is 2.54. The minimum Gasteiger partial charge on any atom is -0.477 e. The Balaban J connectivity index is 1.47. The summed E-state index contributed by atoms with van der Waals surface area (Å²) in [6, 6.07) is 2.18. The molecule has 192 valence electrons. The summed E-state index contributed by atoms with van der Waals surface area (Å²) in [6.45, 7) is 0.396. The lowest BCUT2D eigenvalue weighted by Gasteiger charge is -2.49. The lowest BCUT2D eigenvalue weighted by molar-refractivity contribution is -0.687. The third kappa shape index (κ3) is 5.29. The van der Waals surface area contributed by atoms with Gasteiger partial charge >= 0.3 is 5.97 Å². The van der Waals surface area contributed by atoms with Gasteiger partial charge in [-0.3, -0.25) is 19.3 Å². The van der Waals surface area contributed by atoms with E-state index in [1.165, 1.54) is 18.9 Å². The van der Waals surface area contributed by atoms with Crippen molar-refractivity contribution >= 4 is 57.8 Å². The smallest absolute Gasteiger partial charge is 0.352 e. The van der Waals surface area contributed by atoms with Gasteiger partial charge in [-0.15, -0.1) is 11.8 Å². The molecule has 3 amide bonds. The highest BCUT2D eigenvalue weighted by Crippen LogP contribution is 2.40. The Labute approximate surface area is 217 Å². The lowest BCUT2D eigenvalue weighted by Crippen LogP contribution is -2.71. The molecule has 4 heterocycles. The maximum atomic E-state index is 12.9. The molecule has 14 nitrogen and oxygen atoms in total. The Hall–Kier alpha value is -4.31. The van der Waals surface area contributed by atoms with Gasteiger partial charge in [-0.05, 0) is 11.6 Å². The number of amides is 3. The molecule has 6 N–H and O–H groups in total. The second-order valence-electron chi connectivity index (χ2n) is 7.67. The first kappa shape index (κ1) is 25.8. The van der Waals surface area contributed by atoms with E-state index in [0.717, 1.165) is 16.4 Å². The molecule has 0 aromatic carbocycles. The molecular formula is C21H21N8O6S2+. The largest absolute Gasteiger partial charge is 0.477 e. The number of nitrogens with zero attached hydrogens (tertiary/aromatic N) is 5. The predicted molar refractivity (Wildman–Crippen MR) is 132 cm³/mol. The molecule has 1 fully saturated rings. The van der Waals surface area contributed by atoms with Crippen molar-refractivity contribution in [3.05, 3.63) is 59.3 Å². The van der Waals surface area contributed by atoms with Crippen LogP contribution in [0.25, 0.3) is 0 Å². The number of β-lactam (4-membered cyclic amide) rings is 1. The number of carbonyl (C=O) groups excluding carboxylic acids is 3. The molecule has 2 aliphatic rings. The number of thioether (sulfide) groups is 1. The van der Waals surface area contributed by atoms with Crippen LogP contribution in [0.1, 0.15) is 16.2 Å². The second kappa shape index (κ2) is 10.8. The van der Waals surface area contributed by atoms with Gasteiger partial charge in [0.05, 0.1) is 5.56 Å². The number of aliphatic carboxylic acids is 1. The van der Waals surface area contributed by atoms with Crippen LogP contribution in [0.15, 0.2) is 53.1 Å². The van der Waals surface area contributed by atoms with Crippen molar-refractivity contribution in [2.45, 2.75) is 18.0 Å². The average Bonchev–Trinajstić information content (AvgIpc) is 3.31. The van der Waals surface area contributed by atoms with Crippen molar-refractivity contribution in [2.24, 2.45) is 10.9 Å². The van der Waals surface area contributed by atoms with E-state index in [1.807, 2.05) is 0 Å². The van der Waals surface area contributed by atoms with Gasteiger partial charge in [0.1, 0.15) is 24.2 Å². The Morgan fingerprint density at radius 1 is 1.38 bits per heavy atom. The molecule has 2 atom stereocenters. The monoisotopic (exact) mass is 545 g/mol. The first-order valence-corrected chi connectivity index (χ1v) is 12.4. The van der Waals surface area contributed by atoms with Crippen LogP contribution in [0.5, 0.6) is 0 Å². The topological polar surface area (TPSA) is 207 Å². The van der Waals surface area contributed by atoms with Crippen LogP contribution in [0, 0.1) is 0 Å². The molecule has 16 heteroatoms. The molecule has 0 spiro atoms. The molecule has 0 bridgehead atoms. The molecule has 37 heavy (non-hydrogen) atoms. The average molecular weight is 546 g/mol. The van der Waals surface area contributed by atoms with Crippen LogP contribution < -0.4 is 21.4 Å². The Morgan fingerprint density at radius 3 is 2.70 bits per heavy atom. The normalized spacial score (nSPS) is 19.4.